The summed E-state index contributed by atoms with van der Waals surface area (Å²) in [7, 11) is 0. The minimum absolute atomic E-state index is 0.142. The van der Waals surface area contributed by atoms with Crippen LogP contribution in [0.15, 0.2) is 65.8 Å². The van der Waals surface area contributed by atoms with Gasteiger partial charge in [-0.2, -0.15) is 0 Å². The number of ether oxygens (including phenoxy) is 1. The van der Waals surface area contributed by atoms with Gasteiger partial charge in [-0.3, -0.25) is 4.79 Å². The molecule has 3 aromatic carbocycles. The number of likely N-dealkylation sites (tertiary alicyclic amines) is 1. The summed E-state index contributed by atoms with van der Waals surface area (Å²) in [6.07, 6.45) is 1.63. The number of hydrogen-bond acceptors (Lipinski definition) is 6. The molecule has 41 heavy (non-hydrogen) atoms. The zero-order valence-electron chi connectivity index (χ0n) is 23.3. The second-order valence-corrected chi connectivity index (χ2v) is 11.0. The lowest BCUT2D eigenvalue weighted by Crippen LogP contribution is -2.49. The van der Waals surface area contributed by atoms with Gasteiger partial charge in [-0.15, -0.1) is 0 Å². The first-order chi connectivity index (χ1) is 19.8. The van der Waals surface area contributed by atoms with Gasteiger partial charge in [-0.1, -0.05) is 54.0 Å². The number of benzene rings is 3. The topological polar surface area (TPSA) is 83.4 Å². The molecular weight excluding hydrogens is 545 g/mol. The smallest absolute Gasteiger partial charge is 0.274 e. The summed E-state index contributed by atoms with van der Waals surface area (Å²) in [4.78, 5) is 21.5. The van der Waals surface area contributed by atoms with Crippen LogP contribution < -0.4 is 10.1 Å². The summed E-state index contributed by atoms with van der Waals surface area (Å²) in [5.41, 5.74) is 3.92. The molecule has 0 aliphatic carbocycles. The second-order valence-electron chi connectivity index (χ2n) is 10.6. The molecule has 0 radical (unpaired) electrons. The Morgan fingerprint density at radius 1 is 1.15 bits per heavy atom. The fourth-order valence-corrected chi connectivity index (χ4v) is 5.55. The molecule has 0 saturated carbocycles. The molecule has 0 spiro atoms. The van der Waals surface area contributed by atoms with Crippen LogP contribution in [0.2, 0.25) is 5.02 Å². The molecule has 2 N–H and O–H groups in total. The Morgan fingerprint density at radius 3 is 2.59 bits per heavy atom. The number of carbonyl (C=O) groups excluding carboxylic acids is 1. The zero-order chi connectivity index (χ0) is 28.9. The van der Waals surface area contributed by atoms with Gasteiger partial charge in [0.1, 0.15) is 17.7 Å². The summed E-state index contributed by atoms with van der Waals surface area (Å²) in [5, 5.41) is 19.1. The van der Waals surface area contributed by atoms with E-state index in [1.807, 2.05) is 32.0 Å². The number of nitrogens with one attached hydrogen (secondary N) is 1. The third-order valence-corrected chi connectivity index (χ3v) is 7.85. The average Bonchev–Trinajstić information content (AvgIpc) is 3.49. The van der Waals surface area contributed by atoms with E-state index in [9.17, 15) is 14.3 Å². The normalized spacial score (nSPS) is 18.2. The molecule has 2 aliphatic heterocycles. The third-order valence-electron chi connectivity index (χ3n) is 7.55. The number of fused-ring (bicyclic) bond motifs is 1. The highest BCUT2D eigenvalue weighted by molar-refractivity contribution is 6.45. The number of aliphatic hydroxyl groups is 1. The molecule has 7 nitrogen and oxygen atoms in total. The van der Waals surface area contributed by atoms with Gasteiger partial charge in [0.2, 0.25) is 0 Å². The Kier molecular flexibility index (Phi) is 9.22. The van der Waals surface area contributed by atoms with Crippen molar-refractivity contribution >= 4 is 23.2 Å². The van der Waals surface area contributed by atoms with Crippen molar-refractivity contribution in [2.45, 2.75) is 51.4 Å². The van der Waals surface area contributed by atoms with Crippen molar-refractivity contribution in [3.05, 3.63) is 88.2 Å². The molecule has 1 amide bonds. The quantitative estimate of drug-likeness (QED) is 0.306. The zero-order valence-corrected chi connectivity index (χ0v) is 24.0. The first-order valence-electron chi connectivity index (χ1n) is 14.1. The predicted molar refractivity (Wildman–Crippen MR) is 158 cm³/mol. The molecule has 0 aromatic heterocycles. The van der Waals surface area contributed by atoms with E-state index in [2.05, 4.69) is 15.4 Å². The van der Waals surface area contributed by atoms with Gasteiger partial charge >= 0.3 is 0 Å². The third kappa shape index (κ3) is 6.72. The van der Waals surface area contributed by atoms with Crippen molar-refractivity contribution in [2.75, 3.05) is 26.2 Å². The summed E-state index contributed by atoms with van der Waals surface area (Å²) in [6, 6.07) is 16.5. The molecule has 3 atom stereocenters. The van der Waals surface area contributed by atoms with E-state index in [1.54, 1.807) is 30.3 Å². The van der Waals surface area contributed by atoms with Crippen LogP contribution in [0.3, 0.4) is 0 Å². The first-order valence-corrected chi connectivity index (χ1v) is 14.5. The lowest BCUT2D eigenvalue weighted by molar-refractivity contribution is -0.116. The minimum atomic E-state index is -1.01. The predicted octanol–water partition coefficient (Wildman–Crippen LogP) is 6.04. The van der Waals surface area contributed by atoms with Crippen molar-refractivity contribution in [3.8, 4) is 16.9 Å². The monoisotopic (exact) mass is 579 g/mol. The van der Waals surface area contributed by atoms with E-state index in [1.165, 1.54) is 12.1 Å². The SMILES string of the molecule is CCCOc1ccc([C@@H](O)[C@@H](CN2CCCC2)NC(=O)C2=NOC(C)c3cc(-c4ccc(F)cc4)ccc32)cc1Cl. The van der Waals surface area contributed by atoms with Crippen molar-refractivity contribution in [3.63, 3.8) is 0 Å². The lowest BCUT2D eigenvalue weighted by atomic mass is 9.93. The molecule has 2 aliphatic rings. The molecule has 0 bridgehead atoms. The Morgan fingerprint density at radius 2 is 1.88 bits per heavy atom. The number of carbonyl (C=O) groups is 1. The van der Waals surface area contributed by atoms with Crippen molar-refractivity contribution in [1.29, 1.82) is 0 Å². The summed E-state index contributed by atoms with van der Waals surface area (Å²) in [6.45, 7) is 6.71. The van der Waals surface area contributed by atoms with Gasteiger partial charge in [0.05, 0.1) is 17.7 Å². The van der Waals surface area contributed by atoms with E-state index in [0.29, 0.717) is 35.1 Å². The summed E-state index contributed by atoms with van der Waals surface area (Å²) < 4.78 is 19.1. The molecule has 1 fully saturated rings. The molecule has 5 rings (SSSR count). The molecule has 3 aromatic rings. The molecular formula is C32H35ClFN3O4. The fourth-order valence-electron chi connectivity index (χ4n) is 5.31. The van der Waals surface area contributed by atoms with Crippen LogP contribution in [0.25, 0.3) is 11.1 Å². The molecule has 1 unspecified atom stereocenters. The Labute approximate surface area is 244 Å². The average molecular weight is 580 g/mol. The maximum Gasteiger partial charge on any atom is 0.274 e. The van der Waals surface area contributed by atoms with Gasteiger partial charge in [0, 0.05) is 17.7 Å². The van der Waals surface area contributed by atoms with Crippen LogP contribution in [0.4, 0.5) is 4.39 Å². The highest BCUT2D eigenvalue weighted by atomic mass is 35.5. The number of aliphatic hydroxyl groups excluding tert-OH is 1. The van der Waals surface area contributed by atoms with Crippen LogP contribution in [0.1, 0.15) is 62.0 Å². The minimum Gasteiger partial charge on any atom is -0.492 e. The van der Waals surface area contributed by atoms with E-state index in [0.717, 1.165) is 49.0 Å². The van der Waals surface area contributed by atoms with E-state index < -0.39 is 18.1 Å². The van der Waals surface area contributed by atoms with Crippen molar-refractivity contribution < 1.29 is 23.9 Å². The standard InChI is InChI=1S/C32H35ClFN3O4/c1-3-16-40-29-13-9-23(18-27(29)33)31(38)28(19-37-14-4-5-15-37)35-32(39)30-25-12-8-22(17-26(25)20(2)41-36-30)21-6-10-24(34)11-7-21/h6-13,17-18,20,28,31,38H,3-5,14-16,19H2,1-2H3,(H,35,39)/t20?,28-,31-/m1/s1. The van der Waals surface area contributed by atoms with Crippen LogP contribution in [-0.4, -0.2) is 53.9 Å². The highest BCUT2D eigenvalue weighted by Gasteiger charge is 2.32. The maximum absolute atomic E-state index is 13.7. The van der Waals surface area contributed by atoms with Gasteiger partial charge in [0.15, 0.2) is 11.8 Å². The van der Waals surface area contributed by atoms with Crippen molar-refractivity contribution in [2.24, 2.45) is 5.16 Å². The van der Waals surface area contributed by atoms with Crippen molar-refractivity contribution in [1.82, 2.24) is 10.2 Å². The lowest BCUT2D eigenvalue weighted by Gasteiger charge is -2.30. The number of halogens is 2. The molecule has 9 heteroatoms. The van der Waals surface area contributed by atoms with E-state index in [4.69, 9.17) is 21.2 Å². The largest absolute Gasteiger partial charge is 0.492 e. The van der Waals surface area contributed by atoms with Gasteiger partial charge in [-0.25, -0.2) is 4.39 Å². The van der Waals surface area contributed by atoms with Crippen LogP contribution in [0.5, 0.6) is 5.75 Å². The van der Waals surface area contributed by atoms with Gasteiger partial charge < -0.3 is 24.9 Å². The van der Waals surface area contributed by atoms with E-state index >= 15 is 0 Å². The van der Waals surface area contributed by atoms with Crippen LogP contribution in [0, 0.1) is 5.82 Å². The molecule has 2 heterocycles. The Bertz CT molecular complexity index is 1410. The Balaban J connectivity index is 1.38. The first kappa shape index (κ1) is 29.0. The number of oxime groups is 1. The van der Waals surface area contributed by atoms with E-state index in [-0.39, 0.29) is 17.6 Å². The fraction of sp³-hybridized carbons (Fsp3) is 0.375. The number of nitrogens with zero attached hydrogens (tertiary/aromatic N) is 2. The second kappa shape index (κ2) is 13.0. The summed E-state index contributed by atoms with van der Waals surface area (Å²) >= 11 is 6.46. The number of amides is 1. The highest BCUT2D eigenvalue weighted by Crippen LogP contribution is 2.33. The number of rotatable bonds is 10. The number of hydrogen-bond donors (Lipinski definition) is 2. The summed E-state index contributed by atoms with van der Waals surface area (Å²) in [5.74, 6) is -0.183. The maximum atomic E-state index is 13.7. The van der Waals surface area contributed by atoms with Gasteiger partial charge in [-0.05, 0) is 86.3 Å². The van der Waals surface area contributed by atoms with Crippen LogP contribution >= 0.6 is 11.6 Å². The van der Waals surface area contributed by atoms with Crippen LogP contribution in [-0.2, 0) is 9.63 Å². The molecule has 1 saturated heterocycles. The van der Waals surface area contributed by atoms with Gasteiger partial charge in [0.25, 0.3) is 5.91 Å². The Hall–Kier alpha value is -3.46. The molecule has 216 valence electrons.